The number of nitrogens with zero attached hydrogens (tertiary/aromatic N) is 4. The molecule has 8 nitrogen and oxygen atoms in total. The van der Waals surface area contributed by atoms with Gasteiger partial charge < -0.3 is 4.74 Å². The van der Waals surface area contributed by atoms with Crippen molar-refractivity contribution in [3.8, 4) is 0 Å². The van der Waals surface area contributed by atoms with Crippen LogP contribution in [-0.2, 0) is 23.0 Å². The lowest BCUT2D eigenvalue weighted by atomic mass is 9.95. The lowest BCUT2D eigenvalue weighted by Crippen LogP contribution is -2.26. The van der Waals surface area contributed by atoms with Gasteiger partial charge in [0.25, 0.3) is 0 Å². The zero-order chi connectivity index (χ0) is 15.7. The van der Waals surface area contributed by atoms with E-state index in [1.165, 1.54) is 0 Å². The summed E-state index contributed by atoms with van der Waals surface area (Å²) in [6.45, 7) is 4.51. The molecule has 0 saturated carbocycles. The van der Waals surface area contributed by atoms with Gasteiger partial charge in [0.1, 0.15) is 5.82 Å². The van der Waals surface area contributed by atoms with Gasteiger partial charge in [-0.3, -0.25) is 19.9 Å². The van der Waals surface area contributed by atoms with E-state index >= 15 is 0 Å². The molecule has 1 aliphatic heterocycles. The molecule has 118 valence electrons. The smallest absolute Gasteiger partial charge is 0.248 e. The minimum atomic E-state index is -0.265. The molecule has 1 fully saturated rings. The molecule has 1 amide bonds. The molecule has 0 aliphatic carbocycles. The van der Waals surface area contributed by atoms with Crippen LogP contribution in [0.5, 0.6) is 0 Å². The summed E-state index contributed by atoms with van der Waals surface area (Å²) in [6, 6.07) is 0. The predicted octanol–water partition coefficient (Wildman–Crippen LogP) is 1.13. The van der Waals surface area contributed by atoms with E-state index in [9.17, 15) is 4.79 Å². The zero-order valence-electron chi connectivity index (χ0n) is 13.0. The highest BCUT2D eigenvalue weighted by Crippen LogP contribution is 2.36. The van der Waals surface area contributed by atoms with E-state index in [2.05, 4.69) is 25.6 Å². The summed E-state index contributed by atoms with van der Waals surface area (Å²) >= 11 is 0. The molecule has 0 aromatic carbocycles. The molecule has 0 bridgehead atoms. The highest BCUT2D eigenvalue weighted by Gasteiger charge is 2.37. The normalized spacial score (nSPS) is 21.2. The van der Waals surface area contributed by atoms with Gasteiger partial charge in [0, 0.05) is 31.3 Å². The number of carbonyl (C=O) groups excluding carboxylic acids is 1. The van der Waals surface area contributed by atoms with Crippen molar-refractivity contribution in [2.24, 2.45) is 13.0 Å². The first-order valence-corrected chi connectivity index (χ1v) is 7.42. The highest BCUT2D eigenvalue weighted by molar-refractivity contribution is 5.91. The van der Waals surface area contributed by atoms with Gasteiger partial charge in [-0.25, -0.2) is 0 Å². The Morgan fingerprint density at radius 3 is 3.05 bits per heavy atom. The molecule has 0 radical (unpaired) electrons. The fourth-order valence-corrected chi connectivity index (χ4v) is 2.67. The molecule has 2 N–H and O–H groups in total. The number of H-pyrrole nitrogens is 1. The summed E-state index contributed by atoms with van der Waals surface area (Å²) in [5.74, 6) is 0.687. The maximum atomic E-state index is 12.5. The van der Waals surface area contributed by atoms with Gasteiger partial charge in [0.15, 0.2) is 0 Å². The molecule has 2 aromatic rings. The monoisotopic (exact) mass is 304 g/mol. The highest BCUT2D eigenvalue weighted by atomic mass is 16.5. The number of amides is 1. The van der Waals surface area contributed by atoms with E-state index in [-0.39, 0.29) is 17.9 Å². The second kappa shape index (κ2) is 5.88. The van der Waals surface area contributed by atoms with Gasteiger partial charge in [0.05, 0.1) is 18.2 Å². The Balaban J connectivity index is 1.75. The van der Waals surface area contributed by atoms with E-state index in [0.29, 0.717) is 19.0 Å². The first-order chi connectivity index (χ1) is 10.6. The summed E-state index contributed by atoms with van der Waals surface area (Å²) < 4.78 is 7.55. The molecule has 8 heteroatoms. The summed E-state index contributed by atoms with van der Waals surface area (Å²) in [5.41, 5.74) is 1.97. The van der Waals surface area contributed by atoms with Gasteiger partial charge in [-0.1, -0.05) is 6.92 Å². The number of aromatic amines is 1. The second-order valence-electron chi connectivity index (χ2n) is 5.44. The van der Waals surface area contributed by atoms with Crippen LogP contribution in [0.25, 0.3) is 0 Å². The van der Waals surface area contributed by atoms with Crippen LogP contribution in [0.3, 0.4) is 0 Å². The van der Waals surface area contributed by atoms with Crippen LogP contribution in [0.2, 0.25) is 0 Å². The molecule has 1 saturated heterocycles. The standard InChI is InChI=1S/C14H20N6O2/c1-4-11-16-14(19-18-11)17-13(21)9-5-6-22-12(9)10-7-15-20(3)8(10)2/h7,9,12H,4-6H2,1-3H3,(H2,16,17,18,19,21)/t9-,12-/m0/s1. The van der Waals surface area contributed by atoms with Gasteiger partial charge in [-0.2, -0.15) is 10.1 Å². The Kier molecular flexibility index (Phi) is 3.93. The minimum absolute atomic E-state index is 0.118. The summed E-state index contributed by atoms with van der Waals surface area (Å²) in [4.78, 5) is 16.7. The van der Waals surface area contributed by atoms with Gasteiger partial charge in [-0.05, 0) is 13.3 Å². The molecule has 3 heterocycles. The van der Waals surface area contributed by atoms with Crippen LogP contribution in [0.4, 0.5) is 5.95 Å². The average Bonchev–Trinajstić information content (AvgIpc) is 3.21. The molecule has 1 aliphatic rings. The third-order valence-electron chi connectivity index (χ3n) is 4.11. The molecular weight excluding hydrogens is 284 g/mol. The SMILES string of the molecule is CCc1nc(NC(=O)[C@H]2CCO[C@@H]2c2cnn(C)c2C)n[nH]1. The Bertz CT molecular complexity index is 677. The third-order valence-corrected chi connectivity index (χ3v) is 4.11. The van der Waals surface area contributed by atoms with Crippen LogP contribution >= 0.6 is 0 Å². The van der Waals surface area contributed by atoms with Crippen LogP contribution in [-0.4, -0.2) is 37.5 Å². The molecule has 0 unspecified atom stereocenters. The van der Waals surface area contributed by atoms with Gasteiger partial charge >= 0.3 is 0 Å². The first kappa shape index (κ1) is 14.7. The number of hydrogen-bond donors (Lipinski definition) is 2. The van der Waals surface area contributed by atoms with Crippen LogP contribution in [0.15, 0.2) is 6.20 Å². The second-order valence-corrected chi connectivity index (χ2v) is 5.44. The van der Waals surface area contributed by atoms with Crippen LogP contribution < -0.4 is 5.32 Å². The summed E-state index contributed by atoms with van der Waals surface area (Å²) in [6.07, 6.45) is 2.93. The number of carbonyl (C=O) groups is 1. The van der Waals surface area contributed by atoms with Crippen molar-refractivity contribution in [3.05, 3.63) is 23.3 Å². The molecule has 0 spiro atoms. The number of aryl methyl sites for hydroxylation is 2. The van der Waals surface area contributed by atoms with Crippen LogP contribution in [0, 0.1) is 12.8 Å². The molecule has 2 aromatic heterocycles. The van der Waals surface area contributed by atoms with Crippen molar-refractivity contribution in [2.75, 3.05) is 11.9 Å². The number of hydrogen-bond acceptors (Lipinski definition) is 5. The zero-order valence-corrected chi connectivity index (χ0v) is 13.0. The first-order valence-electron chi connectivity index (χ1n) is 7.42. The van der Waals surface area contributed by atoms with Crippen molar-refractivity contribution >= 4 is 11.9 Å². The summed E-state index contributed by atoms with van der Waals surface area (Å²) in [7, 11) is 1.88. The van der Waals surface area contributed by atoms with E-state index in [1.807, 2.05) is 20.9 Å². The maximum absolute atomic E-state index is 12.5. The fraction of sp³-hybridized carbons (Fsp3) is 0.571. The quantitative estimate of drug-likeness (QED) is 0.882. The Morgan fingerprint density at radius 1 is 1.59 bits per heavy atom. The van der Waals surface area contributed by atoms with Crippen molar-refractivity contribution < 1.29 is 9.53 Å². The van der Waals surface area contributed by atoms with Crippen LogP contribution in [0.1, 0.15) is 36.5 Å². The number of anilines is 1. The predicted molar refractivity (Wildman–Crippen MR) is 79.1 cm³/mol. The van der Waals surface area contributed by atoms with Crippen molar-refractivity contribution in [2.45, 2.75) is 32.8 Å². The average molecular weight is 304 g/mol. The Hall–Kier alpha value is -2.22. The lowest BCUT2D eigenvalue weighted by Gasteiger charge is -2.17. The Labute approximate surface area is 128 Å². The Morgan fingerprint density at radius 2 is 2.41 bits per heavy atom. The van der Waals surface area contributed by atoms with E-state index < -0.39 is 0 Å². The number of aromatic nitrogens is 5. The van der Waals surface area contributed by atoms with E-state index in [1.54, 1.807) is 10.9 Å². The number of nitrogens with one attached hydrogen (secondary N) is 2. The fourth-order valence-electron chi connectivity index (χ4n) is 2.67. The van der Waals surface area contributed by atoms with Gasteiger partial charge in [0.2, 0.25) is 11.9 Å². The maximum Gasteiger partial charge on any atom is 0.248 e. The molecule has 2 atom stereocenters. The van der Waals surface area contributed by atoms with Crippen molar-refractivity contribution in [1.82, 2.24) is 25.0 Å². The number of ether oxygens (including phenoxy) is 1. The topological polar surface area (TPSA) is 97.7 Å². The van der Waals surface area contributed by atoms with Crippen molar-refractivity contribution in [1.29, 1.82) is 0 Å². The van der Waals surface area contributed by atoms with E-state index in [4.69, 9.17) is 4.74 Å². The lowest BCUT2D eigenvalue weighted by molar-refractivity contribution is -0.121. The van der Waals surface area contributed by atoms with Gasteiger partial charge in [-0.15, -0.1) is 5.10 Å². The number of rotatable bonds is 4. The molecule has 3 rings (SSSR count). The van der Waals surface area contributed by atoms with E-state index in [0.717, 1.165) is 23.5 Å². The molecular formula is C14H20N6O2. The molecule has 22 heavy (non-hydrogen) atoms. The minimum Gasteiger partial charge on any atom is -0.373 e. The third kappa shape index (κ3) is 2.61. The van der Waals surface area contributed by atoms with Crippen molar-refractivity contribution in [3.63, 3.8) is 0 Å². The summed E-state index contributed by atoms with van der Waals surface area (Å²) in [5, 5.41) is 13.8. The largest absolute Gasteiger partial charge is 0.373 e.